The third-order valence-corrected chi connectivity index (χ3v) is 3.75. The molecule has 2 heterocycles. The van der Waals surface area contributed by atoms with Crippen LogP contribution in [0.2, 0.25) is 0 Å². The Balaban J connectivity index is 2.08. The zero-order valence-corrected chi connectivity index (χ0v) is 11.5. The van der Waals surface area contributed by atoms with Crippen molar-refractivity contribution in [1.82, 2.24) is 15.5 Å². The minimum Gasteiger partial charge on any atom is -0.465 e. The van der Waals surface area contributed by atoms with Gasteiger partial charge < -0.3 is 15.4 Å². The quantitative estimate of drug-likeness (QED) is 0.675. The molecule has 2 saturated heterocycles. The fourth-order valence-corrected chi connectivity index (χ4v) is 2.79. The zero-order chi connectivity index (χ0) is 13.7. The van der Waals surface area contributed by atoms with E-state index in [0.29, 0.717) is 19.7 Å². The number of nitrogens with one attached hydrogen (secondary N) is 2. The minimum absolute atomic E-state index is 0.0497. The second kappa shape index (κ2) is 6.86. The Morgan fingerprint density at radius 3 is 3.05 bits per heavy atom. The molecule has 2 rings (SSSR count). The summed E-state index contributed by atoms with van der Waals surface area (Å²) in [6.45, 7) is 4.99. The van der Waals surface area contributed by atoms with Gasteiger partial charge in [-0.1, -0.05) is 0 Å². The summed E-state index contributed by atoms with van der Waals surface area (Å²) in [7, 11) is 0. The second-order valence-corrected chi connectivity index (χ2v) is 5.01. The number of carbonyl (C=O) groups excluding carboxylic acids is 2. The number of piperazine rings is 1. The van der Waals surface area contributed by atoms with Crippen LogP contribution in [0.3, 0.4) is 0 Å². The maximum Gasteiger partial charge on any atom is 0.324 e. The summed E-state index contributed by atoms with van der Waals surface area (Å²) < 4.78 is 5.12. The predicted octanol–water partition coefficient (Wildman–Crippen LogP) is -0.508. The number of nitrogens with zero attached hydrogens (tertiary/aromatic N) is 1. The van der Waals surface area contributed by atoms with Crippen LogP contribution in [0.25, 0.3) is 0 Å². The summed E-state index contributed by atoms with van der Waals surface area (Å²) in [6.07, 6.45) is 2.85. The van der Waals surface area contributed by atoms with Gasteiger partial charge in [0.15, 0.2) is 0 Å². The number of esters is 1. The Hall–Kier alpha value is -1.14. The van der Waals surface area contributed by atoms with Crippen molar-refractivity contribution in [2.45, 2.75) is 38.3 Å². The maximum absolute atomic E-state index is 12.1. The van der Waals surface area contributed by atoms with Gasteiger partial charge in [0.25, 0.3) is 0 Å². The van der Waals surface area contributed by atoms with Gasteiger partial charge >= 0.3 is 5.97 Å². The smallest absolute Gasteiger partial charge is 0.324 e. The van der Waals surface area contributed by atoms with E-state index < -0.39 is 0 Å². The van der Waals surface area contributed by atoms with Gasteiger partial charge in [0.2, 0.25) is 5.91 Å². The SMILES string of the molecule is CCOC(=O)C1CNCCN1C1CCCCNC1=O. The standard InChI is InChI=1S/C13H23N3O3/c1-2-19-13(18)11-9-14-7-8-16(11)10-5-3-4-6-15-12(10)17/h10-11,14H,2-9H2,1H3,(H,15,17). The molecule has 0 spiro atoms. The number of rotatable bonds is 3. The molecular weight excluding hydrogens is 246 g/mol. The van der Waals surface area contributed by atoms with Crippen LogP contribution in [-0.4, -0.2) is 61.6 Å². The van der Waals surface area contributed by atoms with E-state index in [1.54, 1.807) is 6.92 Å². The number of carbonyl (C=O) groups is 2. The van der Waals surface area contributed by atoms with Gasteiger partial charge in [0.05, 0.1) is 12.6 Å². The average molecular weight is 269 g/mol. The van der Waals surface area contributed by atoms with Crippen molar-refractivity contribution >= 4 is 11.9 Å². The lowest BCUT2D eigenvalue weighted by Crippen LogP contribution is -2.61. The molecule has 108 valence electrons. The Bertz CT molecular complexity index is 335. The van der Waals surface area contributed by atoms with Gasteiger partial charge in [-0.3, -0.25) is 14.5 Å². The van der Waals surface area contributed by atoms with Gasteiger partial charge in [-0.15, -0.1) is 0 Å². The monoisotopic (exact) mass is 269 g/mol. The van der Waals surface area contributed by atoms with Crippen molar-refractivity contribution in [1.29, 1.82) is 0 Å². The summed E-state index contributed by atoms with van der Waals surface area (Å²) in [5.41, 5.74) is 0. The highest BCUT2D eigenvalue weighted by molar-refractivity contribution is 5.83. The normalized spacial score (nSPS) is 29.4. The van der Waals surface area contributed by atoms with Crippen molar-refractivity contribution in [2.75, 3.05) is 32.8 Å². The van der Waals surface area contributed by atoms with Crippen LogP contribution in [0.4, 0.5) is 0 Å². The minimum atomic E-state index is -0.345. The molecule has 2 aliphatic heterocycles. The Kier molecular flexibility index (Phi) is 5.15. The highest BCUT2D eigenvalue weighted by Gasteiger charge is 2.37. The van der Waals surface area contributed by atoms with E-state index in [0.717, 1.165) is 32.4 Å². The number of ether oxygens (including phenoxy) is 1. The van der Waals surface area contributed by atoms with Crippen molar-refractivity contribution in [2.24, 2.45) is 0 Å². The summed E-state index contributed by atoms with van der Waals surface area (Å²) in [5.74, 6) is -0.180. The maximum atomic E-state index is 12.1. The lowest BCUT2D eigenvalue weighted by molar-refractivity contribution is -0.152. The van der Waals surface area contributed by atoms with E-state index >= 15 is 0 Å². The second-order valence-electron chi connectivity index (χ2n) is 5.01. The van der Waals surface area contributed by atoms with Gasteiger partial charge in [-0.25, -0.2) is 0 Å². The summed E-state index contributed by atoms with van der Waals surface area (Å²) in [6, 6.07) is -0.540. The van der Waals surface area contributed by atoms with E-state index in [2.05, 4.69) is 10.6 Å². The first kappa shape index (κ1) is 14.3. The van der Waals surface area contributed by atoms with Crippen LogP contribution in [0, 0.1) is 0 Å². The van der Waals surface area contributed by atoms with Crippen molar-refractivity contribution in [3.8, 4) is 0 Å². The molecule has 1 amide bonds. The van der Waals surface area contributed by atoms with Gasteiger partial charge in [-0.2, -0.15) is 0 Å². The van der Waals surface area contributed by atoms with E-state index in [1.807, 2.05) is 4.90 Å². The lowest BCUT2D eigenvalue weighted by atomic mass is 10.0. The summed E-state index contributed by atoms with van der Waals surface area (Å²) >= 11 is 0. The lowest BCUT2D eigenvalue weighted by Gasteiger charge is -2.38. The van der Waals surface area contributed by atoms with E-state index in [4.69, 9.17) is 4.74 Å². The largest absolute Gasteiger partial charge is 0.465 e. The Morgan fingerprint density at radius 1 is 1.42 bits per heavy atom. The molecule has 6 nitrogen and oxygen atoms in total. The van der Waals surface area contributed by atoms with Gasteiger partial charge in [0, 0.05) is 26.2 Å². The number of hydrogen-bond donors (Lipinski definition) is 2. The third kappa shape index (κ3) is 3.45. The first-order valence-corrected chi connectivity index (χ1v) is 7.15. The molecule has 2 aliphatic rings. The van der Waals surface area contributed by atoms with Crippen LogP contribution >= 0.6 is 0 Å². The predicted molar refractivity (Wildman–Crippen MR) is 70.6 cm³/mol. The zero-order valence-electron chi connectivity index (χ0n) is 11.5. The van der Waals surface area contributed by atoms with Gasteiger partial charge in [-0.05, 0) is 26.2 Å². The Labute approximate surface area is 113 Å². The van der Waals surface area contributed by atoms with Crippen molar-refractivity contribution < 1.29 is 14.3 Å². The summed E-state index contributed by atoms with van der Waals surface area (Å²) in [4.78, 5) is 26.1. The fourth-order valence-electron chi connectivity index (χ4n) is 2.79. The molecule has 0 bridgehead atoms. The number of amides is 1. The molecule has 2 unspecified atom stereocenters. The molecule has 0 aliphatic carbocycles. The average Bonchev–Trinajstić information content (AvgIpc) is 2.64. The molecule has 2 atom stereocenters. The molecule has 0 radical (unpaired) electrons. The number of hydrogen-bond acceptors (Lipinski definition) is 5. The van der Waals surface area contributed by atoms with E-state index in [-0.39, 0.29) is 24.0 Å². The highest BCUT2D eigenvalue weighted by Crippen LogP contribution is 2.17. The van der Waals surface area contributed by atoms with Gasteiger partial charge in [0.1, 0.15) is 6.04 Å². The Morgan fingerprint density at radius 2 is 2.26 bits per heavy atom. The molecular formula is C13H23N3O3. The highest BCUT2D eigenvalue weighted by atomic mass is 16.5. The van der Waals surface area contributed by atoms with Crippen LogP contribution in [-0.2, 0) is 14.3 Å². The fraction of sp³-hybridized carbons (Fsp3) is 0.846. The molecule has 0 aromatic heterocycles. The van der Waals surface area contributed by atoms with E-state index in [1.165, 1.54) is 0 Å². The molecule has 0 saturated carbocycles. The third-order valence-electron chi connectivity index (χ3n) is 3.75. The first-order chi connectivity index (χ1) is 9.24. The van der Waals surface area contributed by atoms with Crippen LogP contribution in [0.15, 0.2) is 0 Å². The summed E-state index contributed by atoms with van der Waals surface area (Å²) in [5, 5.41) is 6.13. The molecule has 19 heavy (non-hydrogen) atoms. The molecule has 0 aromatic carbocycles. The molecule has 0 aromatic rings. The topological polar surface area (TPSA) is 70.7 Å². The molecule has 2 fully saturated rings. The molecule has 6 heteroatoms. The van der Waals surface area contributed by atoms with Crippen LogP contribution in [0.5, 0.6) is 0 Å². The molecule has 2 N–H and O–H groups in total. The van der Waals surface area contributed by atoms with Crippen molar-refractivity contribution in [3.05, 3.63) is 0 Å². The van der Waals surface area contributed by atoms with Crippen LogP contribution < -0.4 is 10.6 Å². The first-order valence-electron chi connectivity index (χ1n) is 7.15. The van der Waals surface area contributed by atoms with Crippen LogP contribution in [0.1, 0.15) is 26.2 Å². The van der Waals surface area contributed by atoms with E-state index in [9.17, 15) is 9.59 Å². The van der Waals surface area contributed by atoms with Crippen molar-refractivity contribution in [3.63, 3.8) is 0 Å².